The number of carbonyl (C=O) groups is 1. The molecule has 0 atom stereocenters. The van der Waals surface area contributed by atoms with Gasteiger partial charge in [0.05, 0.1) is 7.11 Å². The Kier molecular flexibility index (Phi) is 3.97. The van der Waals surface area contributed by atoms with Gasteiger partial charge in [-0.05, 0) is 24.1 Å². The van der Waals surface area contributed by atoms with E-state index in [0.717, 1.165) is 24.1 Å². The molecule has 15 heavy (non-hydrogen) atoms. The summed E-state index contributed by atoms with van der Waals surface area (Å²) in [5.74, 6) is 0. The van der Waals surface area contributed by atoms with E-state index in [0.29, 0.717) is 5.69 Å². The molecule has 0 bridgehead atoms. The number of nitrogens with two attached hydrogens (primary N) is 1. The molecule has 0 spiro atoms. The molecule has 0 radical (unpaired) electrons. The summed E-state index contributed by atoms with van der Waals surface area (Å²) in [6.07, 6.45) is 1.44. The highest BCUT2D eigenvalue weighted by molar-refractivity contribution is 5.86. The van der Waals surface area contributed by atoms with E-state index >= 15 is 0 Å². The maximum absolute atomic E-state index is 11.1. The minimum Gasteiger partial charge on any atom is -0.453 e. The molecule has 3 N–H and O–H groups in total. The first-order valence-electron chi connectivity index (χ1n) is 4.90. The Morgan fingerprint density at radius 3 is 2.87 bits per heavy atom. The van der Waals surface area contributed by atoms with Gasteiger partial charge in [0.2, 0.25) is 0 Å². The largest absolute Gasteiger partial charge is 0.453 e. The van der Waals surface area contributed by atoms with Gasteiger partial charge in [0.15, 0.2) is 0 Å². The fourth-order valence-corrected chi connectivity index (χ4v) is 1.36. The van der Waals surface area contributed by atoms with E-state index in [9.17, 15) is 4.79 Å². The number of rotatable bonds is 3. The highest BCUT2D eigenvalue weighted by Gasteiger charge is 2.06. The number of methoxy groups -OCH3 is 1. The van der Waals surface area contributed by atoms with E-state index in [4.69, 9.17) is 5.73 Å². The lowest BCUT2D eigenvalue weighted by atomic mass is 10.1. The van der Waals surface area contributed by atoms with Crippen molar-refractivity contribution < 1.29 is 9.53 Å². The highest BCUT2D eigenvalue weighted by Crippen LogP contribution is 2.20. The van der Waals surface area contributed by atoms with Crippen molar-refractivity contribution in [3.8, 4) is 0 Å². The second kappa shape index (κ2) is 5.24. The monoisotopic (exact) mass is 208 g/mol. The predicted octanol–water partition coefficient (Wildman–Crippen LogP) is 2.40. The number of benzene rings is 1. The van der Waals surface area contributed by atoms with Crippen LogP contribution in [0.4, 0.5) is 16.2 Å². The lowest BCUT2D eigenvalue weighted by molar-refractivity contribution is 0.187. The van der Waals surface area contributed by atoms with Crippen molar-refractivity contribution in [3.05, 3.63) is 23.8 Å². The van der Waals surface area contributed by atoms with Crippen molar-refractivity contribution in [1.29, 1.82) is 0 Å². The number of nitrogen functional groups attached to an aromatic ring is 1. The van der Waals surface area contributed by atoms with Crippen molar-refractivity contribution in [2.75, 3.05) is 18.2 Å². The summed E-state index contributed by atoms with van der Waals surface area (Å²) in [5, 5.41) is 2.64. The zero-order valence-corrected chi connectivity index (χ0v) is 9.04. The molecule has 0 aliphatic carbocycles. The summed E-state index contributed by atoms with van der Waals surface area (Å²) in [6.45, 7) is 2.08. The third-order valence-corrected chi connectivity index (χ3v) is 2.08. The Morgan fingerprint density at radius 2 is 2.27 bits per heavy atom. The molecule has 4 nitrogen and oxygen atoms in total. The van der Waals surface area contributed by atoms with Crippen LogP contribution in [0.2, 0.25) is 0 Å². The number of anilines is 2. The van der Waals surface area contributed by atoms with Crippen LogP contribution in [-0.2, 0) is 11.2 Å². The Labute approximate surface area is 89.4 Å². The number of nitrogens with one attached hydrogen (secondary N) is 1. The van der Waals surface area contributed by atoms with Gasteiger partial charge in [0, 0.05) is 11.4 Å². The summed E-state index contributed by atoms with van der Waals surface area (Å²) < 4.78 is 4.54. The van der Waals surface area contributed by atoms with Crippen LogP contribution in [0.1, 0.15) is 18.9 Å². The fourth-order valence-electron chi connectivity index (χ4n) is 1.36. The van der Waals surface area contributed by atoms with Crippen LogP contribution >= 0.6 is 0 Å². The molecule has 0 aromatic heterocycles. The fraction of sp³-hybridized carbons (Fsp3) is 0.364. The molecule has 0 aliphatic heterocycles. The maximum atomic E-state index is 11.1. The van der Waals surface area contributed by atoms with Crippen LogP contribution in [0.3, 0.4) is 0 Å². The van der Waals surface area contributed by atoms with Gasteiger partial charge in [-0.3, -0.25) is 5.32 Å². The van der Waals surface area contributed by atoms with E-state index in [1.165, 1.54) is 7.11 Å². The SMILES string of the molecule is CCCc1ccc(N)cc1NC(=O)OC. The molecule has 0 saturated heterocycles. The third kappa shape index (κ3) is 3.16. The molecule has 0 fully saturated rings. The first-order valence-corrected chi connectivity index (χ1v) is 4.90. The molecule has 1 aromatic rings. The molecule has 1 amide bonds. The summed E-state index contributed by atoms with van der Waals surface area (Å²) in [7, 11) is 1.33. The van der Waals surface area contributed by atoms with Gasteiger partial charge >= 0.3 is 6.09 Å². The Morgan fingerprint density at radius 1 is 1.53 bits per heavy atom. The minimum atomic E-state index is -0.474. The molecule has 0 saturated carbocycles. The van der Waals surface area contributed by atoms with E-state index in [-0.39, 0.29) is 0 Å². The Hall–Kier alpha value is -1.71. The molecule has 1 aromatic carbocycles. The van der Waals surface area contributed by atoms with Gasteiger partial charge in [-0.25, -0.2) is 4.79 Å². The molecule has 4 heteroatoms. The average molecular weight is 208 g/mol. The second-order valence-electron chi connectivity index (χ2n) is 3.28. The minimum absolute atomic E-state index is 0.474. The van der Waals surface area contributed by atoms with Gasteiger partial charge in [-0.15, -0.1) is 0 Å². The first kappa shape index (κ1) is 11.4. The van der Waals surface area contributed by atoms with E-state index in [2.05, 4.69) is 17.0 Å². The van der Waals surface area contributed by atoms with Crippen molar-refractivity contribution >= 4 is 17.5 Å². The van der Waals surface area contributed by atoms with Gasteiger partial charge in [-0.2, -0.15) is 0 Å². The number of ether oxygens (including phenoxy) is 1. The van der Waals surface area contributed by atoms with Gasteiger partial charge < -0.3 is 10.5 Å². The zero-order valence-electron chi connectivity index (χ0n) is 9.04. The highest BCUT2D eigenvalue weighted by atomic mass is 16.5. The molecule has 82 valence electrons. The zero-order chi connectivity index (χ0) is 11.3. The van der Waals surface area contributed by atoms with Crippen LogP contribution < -0.4 is 11.1 Å². The number of hydrogen-bond acceptors (Lipinski definition) is 3. The number of hydrogen-bond donors (Lipinski definition) is 2. The van der Waals surface area contributed by atoms with Crippen LogP contribution in [0.5, 0.6) is 0 Å². The lowest BCUT2D eigenvalue weighted by Gasteiger charge is -2.10. The smallest absolute Gasteiger partial charge is 0.411 e. The third-order valence-electron chi connectivity index (χ3n) is 2.08. The lowest BCUT2D eigenvalue weighted by Crippen LogP contribution is -2.12. The Balaban J connectivity index is 2.91. The predicted molar refractivity (Wildman–Crippen MR) is 60.9 cm³/mol. The van der Waals surface area contributed by atoms with Crippen molar-refractivity contribution in [2.24, 2.45) is 0 Å². The Bertz CT molecular complexity index is 350. The summed E-state index contributed by atoms with van der Waals surface area (Å²) in [5.41, 5.74) is 8.07. The molecule has 0 unspecified atom stereocenters. The van der Waals surface area contributed by atoms with Crippen molar-refractivity contribution in [2.45, 2.75) is 19.8 Å². The van der Waals surface area contributed by atoms with Crippen LogP contribution in [0, 0.1) is 0 Å². The van der Waals surface area contributed by atoms with Crippen LogP contribution in [0.15, 0.2) is 18.2 Å². The standard InChI is InChI=1S/C11H16N2O2/c1-3-4-8-5-6-9(12)7-10(8)13-11(14)15-2/h5-7H,3-4,12H2,1-2H3,(H,13,14). The van der Waals surface area contributed by atoms with Crippen molar-refractivity contribution in [1.82, 2.24) is 0 Å². The summed E-state index contributed by atoms with van der Waals surface area (Å²) in [4.78, 5) is 11.1. The molecule has 1 rings (SSSR count). The topological polar surface area (TPSA) is 64.3 Å². The van der Waals surface area contributed by atoms with Gasteiger partial charge in [0.1, 0.15) is 0 Å². The van der Waals surface area contributed by atoms with Crippen molar-refractivity contribution in [3.63, 3.8) is 0 Å². The number of carbonyl (C=O) groups excluding carboxylic acids is 1. The van der Waals surface area contributed by atoms with E-state index < -0.39 is 6.09 Å². The van der Waals surface area contributed by atoms with Gasteiger partial charge in [0.25, 0.3) is 0 Å². The average Bonchev–Trinajstić information content (AvgIpc) is 2.22. The molecular formula is C11H16N2O2. The quantitative estimate of drug-likeness (QED) is 0.749. The van der Waals surface area contributed by atoms with Gasteiger partial charge in [-0.1, -0.05) is 19.4 Å². The van der Waals surface area contributed by atoms with Crippen LogP contribution in [0.25, 0.3) is 0 Å². The molecule has 0 aliphatic rings. The molecular weight excluding hydrogens is 192 g/mol. The normalized spacial score (nSPS) is 9.73. The number of aryl methyl sites for hydroxylation is 1. The van der Waals surface area contributed by atoms with E-state index in [1.807, 2.05) is 12.1 Å². The van der Waals surface area contributed by atoms with Crippen LogP contribution in [-0.4, -0.2) is 13.2 Å². The number of amides is 1. The first-order chi connectivity index (χ1) is 7.17. The summed E-state index contributed by atoms with van der Waals surface area (Å²) >= 11 is 0. The maximum Gasteiger partial charge on any atom is 0.411 e. The van der Waals surface area contributed by atoms with E-state index in [1.54, 1.807) is 6.07 Å². The molecule has 0 heterocycles. The second-order valence-corrected chi connectivity index (χ2v) is 3.28. The summed E-state index contributed by atoms with van der Waals surface area (Å²) in [6, 6.07) is 5.49.